The van der Waals surface area contributed by atoms with Crippen LogP contribution in [0.3, 0.4) is 0 Å². The molecule has 1 aliphatic carbocycles. The molecular weight excluding hydrogens is 469 g/mol. The van der Waals surface area contributed by atoms with Gasteiger partial charge in [0.2, 0.25) is 5.91 Å². The lowest BCUT2D eigenvalue weighted by Gasteiger charge is -2.46. The quantitative estimate of drug-likeness (QED) is 0.465. The van der Waals surface area contributed by atoms with Gasteiger partial charge in [-0.25, -0.2) is 24.3 Å². The zero-order valence-electron chi connectivity index (χ0n) is 18.9. The highest BCUT2D eigenvalue weighted by atomic mass is 35.5. The third kappa shape index (κ3) is 3.00. The molecule has 1 unspecified atom stereocenters. The molecule has 0 bridgehead atoms. The molecule has 1 N–H and O–H groups in total. The zero-order valence-corrected chi connectivity index (χ0v) is 19.6. The van der Waals surface area contributed by atoms with E-state index in [1.54, 1.807) is 30.7 Å². The Labute approximate surface area is 205 Å². The van der Waals surface area contributed by atoms with Crippen LogP contribution < -0.4 is 10.2 Å². The molecule has 4 aromatic rings. The number of aromatic nitrogens is 5. The number of anilines is 2. The van der Waals surface area contributed by atoms with Crippen molar-refractivity contribution in [1.29, 1.82) is 0 Å². The Balaban J connectivity index is 1.40. The van der Waals surface area contributed by atoms with Crippen LogP contribution >= 0.6 is 11.6 Å². The largest absolute Gasteiger partial charge is 0.350 e. The molecule has 0 spiro atoms. The van der Waals surface area contributed by atoms with Crippen LogP contribution in [0.2, 0.25) is 5.02 Å². The number of hydrogen-bond donors (Lipinski definition) is 1. The van der Waals surface area contributed by atoms with Crippen LogP contribution in [0.15, 0.2) is 49.1 Å². The lowest BCUT2D eigenvalue weighted by Crippen LogP contribution is -2.61. The molecule has 10 heteroatoms. The monoisotopic (exact) mass is 489 g/mol. The number of amides is 1. The minimum absolute atomic E-state index is 0.112. The van der Waals surface area contributed by atoms with Gasteiger partial charge in [0, 0.05) is 23.6 Å². The number of fused-ring (bicyclic) bond motifs is 2. The van der Waals surface area contributed by atoms with Crippen molar-refractivity contribution in [2.75, 3.05) is 23.3 Å². The van der Waals surface area contributed by atoms with Crippen molar-refractivity contribution >= 4 is 34.8 Å². The summed E-state index contributed by atoms with van der Waals surface area (Å²) in [5, 5.41) is 3.53. The Hall–Kier alpha value is -3.59. The fourth-order valence-corrected chi connectivity index (χ4v) is 5.41. The second kappa shape index (κ2) is 6.97. The van der Waals surface area contributed by atoms with E-state index in [2.05, 4.69) is 15.3 Å². The third-order valence-corrected chi connectivity index (χ3v) is 7.77. The van der Waals surface area contributed by atoms with E-state index >= 15 is 4.39 Å². The maximum Gasteiger partial charge on any atom is 0.240 e. The van der Waals surface area contributed by atoms with E-state index in [9.17, 15) is 4.79 Å². The summed E-state index contributed by atoms with van der Waals surface area (Å²) in [7, 11) is 0. The first-order valence-corrected chi connectivity index (χ1v) is 12.0. The number of benzene rings is 1. The lowest BCUT2D eigenvalue weighted by molar-refractivity contribution is -0.119. The van der Waals surface area contributed by atoms with Gasteiger partial charge >= 0.3 is 0 Å². The van der Waals surface area contributed by atoms with Gasteiger partial charge in [0.25, 0.3) is 0 Å². The summed E-state index contributed by atoms with van der Waals surface area (Å²) in [6, 6.07) is 7.19. The van der Waals surface area contributed by atoms with Crippen molar-refractivity contribution < 1.29 is 9.18 Å². The van der Waals surface area contributed by atoms with E-state index in [4.69, 9.17) is 21.6 Å². The number of nitrogens with one attached hydrogen (secondary N) is 1. The Kier molecular flexibility index (Phi) is 4.14. The molecule has 1 aromatic carbocycles. The standard InChI is InChI=1S/C25H21ClFN7O/c1-24(14-4-6-16(26)7-5-14)19-21(32-23(24)35)30-20(17-11-33-9-8-28-18(33)10-29-17)31-22(19)34-12-25(27,13-34)15-2-3-15/h4-11,15H,2-3,12-13H2,1H3,(H,30,31,32,35). The second-order valence-electron chi connectivity index (χ2n) is 9.81. The molecule has 2 aliphatic heterocycles. The van der Waals surface area contributed by atoms with E-state index in [0.717, 1.165) is 18.4 Å². The molecule has 1 saturated heterocycles. The molecule has 5 heterocycles. The predicted octanol–water partition coefficient (Wildman–Crippen LogP) is 4.04. The molecule has 2 fully saturated rings. The predicted molar refractivity (Wildman–Crippen MR) is 129 cm³/mol. The summed E-state index contributed by atoms with van der Waals surface area (Å²) in [6.45, 7) is 2.35. The maximum absolute atomic E-state index is 15.4. The first-order chi connectivity index (χ1) is 16.8. The summed E-state index contributed by atoms with van der Waals surface area (Å²) in [5.41, 5.74) is 0.386. The van der Waals surface area contributed by atoms with Crippen molar-refractivity contribution in [2.24, 2.45) is 5.92 Å². The molecule has 7 rings (SSSR count). The van der Waals surface area contributed by atoms with E-state index in [0.29, 0.717) is 39.4 Å². The number of carbonyl (C=O) groups excluding carboxylic acids is 1. The average Bonchev–Trinajstić information content (AvgIpc) is 3.53. The smallest absolute Gasteiger partial charge is 0.240 e. The SMILES string of the molecule is CC1(c2ccc(Cl)cc2)C(=O)Nc2nc(-c3cn4ccnc4cn3)nc(N3CC(F)(C4CC4)C3)c21. The van der Waals surface area contributed by atoms with Crippen molar-refractivity contribution in [3.63, 3.8) is 0 Å². The number of alkyl halides is 1. The summed E-state index contributed by atoms with van der Waals surface area (Å²) in [5.74, 6) is 1.23. The number of imidazole rings is 1. The molecule has 176 valence electrons. The molecule has 1 saturated carbocycles. The molecular formula is C25H21ClFN7O. The third-order valence-electron chi connectivity index (χ3n) is 7.52. The highest BCUT2D eigenvalue weighted by Gasteiger charge is 2.57. The Morgan fingerprint density at radius 2 is 1.91 bits per heavy atom. The molecule has 3 aromatic heterocycles. The van der Waals surface area contributed by atoms with Gasteiger partial charge in [-0.15, -0.1) is 0 Å². The van der Waals surface area contributed by atoms with Crippen molar-refractivity contribution in [3.05, 3.63) is 65.2 Å². The van der Waals surface area contributed by atoms with E-state index in [1.807, 2.05) is 34.6 Å². The number of nitrogens with zero attached hydrogens (tertiary/aromatic N) is 6. The van der Waals surface area contributed by atoms with Gasteiger partial charge in [0.15, 0.2) is 11.5 Å². The van der Waals surface area contributed by atoms with Gasteiger partial charge in [-0.05, 0) is 43.4 Å². The maximum atomic E-state index is 15.4. The minimum atomic E-state index is -1.21. The second-order valence-corrected chi connectivity index (χ2v) is 10.2. The van der Waals surface area contributed by atoms with Crippen LogP contribution in [-0.4, -0.2) is 49.0 Å². The van der Waals surface area contributed by atoms with Gasteiger partial charge in [-0.3, -0.25) is 4.79 Å². The number of rotatable bonds is 4. The zero-order chi connectivity index (χ0) is 23.9. The minimum Gasteiger partial charge on any atom is -0.350 e. The van der Waals surface area contributed by atoms with Crippen LogP contribution in [0.5, 0.6) is 0 Å². The topological polar surface area (TPSA) is 88.3 Å². The Morgan fingerprint density at radius 1 is 1.14 bits per heavy atom. The van der Waals surface area contributed by atoms with Crippen LogP contribution in [0.25, 0.3) is 17.2 Å². The summed E-state index contributed by atoms with van der Waals surface area (Å²) >= 11 is 6.11. The Morgan fingerprint density at radius 3 is 2.66 bits per heavy atom. The van der Waals surface area contributed by atoms with Crippen LogP contribution in [0, 0.1) is 5.92 Å². The fraction of sp³-hybridized carbons (Fsp3) is 0.320. The number of carbonyl (C=O) groups is 1. The highest BCUT2D eigenvalue weighted by molar-refractivity contribution is 6.30. The first kappa shape index (κ1) is 20.8. The molecule has 1 amide bonds. The number of hydrogen-bond acceptors (Lipinski definition) is 6. The normalized spacial score (nSPS) is 22.7. The molecule has 8 nitrogen and oxygen atoms in total. The van der Waals surface area contributed by atoms with Crippen molar-refractivity contribution in [3.8, 4) is 11.5 Å². The van der Waals surface area contributed by atoms with Gasteiger partial charge in [-0.1, -0.05) is 23.7 Å². The lowest BCUT2D eigenvalue weighted by atomic mass is 9.77. The molecule has 0 radical (unpaired) electrons. The summed E-state index contributed by atoms with van der Waals surface area (Å²) < 4.78 is 17.2. The van der Waals surface area contributed by atoms with Gasteiger partial charge in [0.1, 0.15) is 28.4 Å². The molecule has 3 aliphatic rings. The van der Waals surface area contributed by atoms with E-state index in [-0.39, 0.29) is 24.9 Å². The Bertz CT molecular complexity index is 1510. The average molecular weight is 490 g/mol. The van der Waals surface area contributed by atoms with Crippen molar-refractivity contribution in [2.45, 2.75) is 30.8 Å². The van der Waals surface area contributed by atoms with Gasteiger partial charge in [0.05, 0.1) is 24.8 Å². The van der Waals surface area contributed by atoms with Crippen molar-refractivity contribution in [1.82, 2.24) is 24.3 Å². The van der Waals surface area contributed by atoms with E-state index in [1.165, 1.54) is 0 Å². The number of halogens is 2. The summed E-state index contributed by atoms with van der Waals surface area (Å²) in [4.78, 5) is 33.6. The highest BCUT2D eigenvalue weighted by Crippen LogP contribution is 2.52. The van der Waals surface area contributed by atoms with Gasteiger partial charge < -0.3 is 14.6 Å². The van der Waals surface area contributed by atoms with Crippen LogP contribution in [-0.2, 0) is 10.2 Å². The van der Waals surface area contributed by atoms with Crippen LogP contribution in [0.1, 0.15) is 30.9 Å². The van der Waals surface area contributed by atoms with Gasteiger partial charge in [-0.2, -0.15) is 0 Å². The first-order valence-electron chi connectivity index (χ1n) is 11.6. The fourth-order valence-electron chi connectivity index (χ4n) is 5.29. The molecule has 1 atom stereocenters. The molecule has 35 heavy (non-hydrogen) atoms. The van der Waals surface area contributed by atoms with E-state index < -0.39 is 11.1 Å². The van der Waals surface area contributed by atoms with Crippen LogP contribution in [0.4, 0.5) is 16.0 Å². The summed E-state index contributed by atoms with van der Waals surface area (Å²) in [6.07, 6.45) is 8.79.